The minimum Gasteiger partial charge on any atom is -0.455 e. The third kappa shape index (κ3) is 6.02. The van der Waals surface area contributed by atoms with E-state index in [1.54, 1.807) is 4.90 Å². The number of piperidine rings is 1. The van der Waals surface area contributed by atoms with Crippen molar-refractivity contribution in [2.75, 3.05) is 19.7 Å². The third-order valence-electron chi connectivity index (χ3n) is 5.93. The Balaban J connectivity index is 1.38. The van der Waals surface area contributed by atoms with Crippen LogP contribution in [0.3, 0.4) is 0 Å². The van der Waals surface area contributed by atoms with Crippen molar-refractivity contribution >= 4 is 17.8 Å². The molecule has 1 saturated carbocycles. The molecule has 0 atom stereocenters. The number of nitrogens with zero attached hydrogens (tertiary/aromatic N) is 1. The smallest absolute Gasteiger partial charge is 0.309 e. The number of halogens is 1. The number of amides is 2. The van der Waals surface area contributed by atoms with Crippen molar-refractivity contribution in [3.05, 3.63) is 35.6 Å². The molecule has 29 heavy (non-hydrogen) atoms. The van der Waals surface area contributed by atoms with Crippen molar-refractivity contribution in [3.8, 4) is 0 Å². The zero-order valence-corrected chi connectivity index (χ0v) is 16.9. The van der Waals surface area contributed by atoms with E-state index >= 15 is 0 Å². The highest BCUT2D eigenvalue weighted by Crippen LogP contribution is 2.23. The van der Waals surface area contributed by atoms with Gasteiger partial charge in [-0.2, -0.15) is 0 Å². The van der Waals surface area contributed by atoms with E-state index in [0.717, 1.165) is 25.7 Å². The normalized spacial score (nSPS) is 22.8. The Bertz CT molecular complexity index is 721. The predicted octanol–water partition coefficient (Wildman–Crippen LogP) is 2.92. The number of rotatable bonds is 5. The van der Waals surface area contributed by atoms with E-state index in [4.69, 9.17) is 4.74 Å². The van der Waals surface area contributed by atoms with E-state index in [-0.39, 0.29) is 42.2 Å². The first-order chi connectivity index (χ1) is 13.9. The van der Waals surface area contributed by atoms with Crippen molar-refractivity contribution < 1.29 is 23.5 Å². The summed E-state index contributed by atoms with van der Waals surface area (Å²) in [4.78, 5) is 38.4. The molecule has 0 bridgehead atoms. The number of nitrogens with one attached hydrogen (secondary N) is 1. The van der Waals surface area contributed by atoms with Gasteiger partial charge in [-0.05, 0) is 68.7 Å². The first-order valence-corrected chi connectivity index (χ1v) is 10.4. The molecule has 158 valence electrons. The first kappa shape index (κ1) is 21.3. The molecule has 0 aromatic heterocycles. The van der Waals surface area contributed by atoms with Crippen LogP contribution in [0.15, 0.2) is 24.3 Å². The highest BCUT2D eigenvalue weighted by Gasteiger charge is 2.29. The fourth-order valence-electron chi connectivity index (χ4n) is 4.02. The summed E-state index contributed by atoms with van der Waals surface area (Å²) in [5, 5.41) is 2.95. The molecule has 1 aliphatic heterocycles. The van der Waals surface area contributed by atoms with E-state index in [1.807, 2.05) is 0 Å². The van der Waals surface area contributed by atoms with Gasteiger partial charge in [-0.3, -0.25) is 14.4 Å². The topological polar surface area (TPSA) is 75.7 Å². The largest absolute Gasteiger partial charge is 0.455 e. The number of carbonyl (C=O) groups is 3. The highest BCUT2D eigenvalue weighted by molar-refractivity contribution is 5.94. The fraction of sp³-hybridized carbons (Fsp3) is 0.591. The summed E-state index contributed by atoms with van der Waals surface area (Å²) in [6.07, 6.45) is 5.16. The van der Waals surface area contributed by atoms with Crippen LogP contribution in [0, 0.1) is 17.7 Å². The molecular formula is C22H29FN2O4. The third-order valence-corrected chi connectivity index (χ3v) is 5.93. The molecule has 1 N–H and O–H groups in total. The van der Waals surface area contributed by atoms with Crippen molar-refractivity contribution in [2.45, 2.75) is 51.5 Å². The monoisotopic (exact) mass is 404 g/mol. The molecule has 1 aliphatic carbocycles. The molecule has 1 aromatic carbocycles. The van der Waals surface area contributed by atoms with Crippen LogP contribution in [0.1, 0.15) is 55.8 Å². The molecule has 2 aliphatic rings. The molecule has 0 spiro atoms. The SMILES string of the molecule is CC1CCC(NC(=O)COC(=O)C2CCN(C(=O)c3ccc(F)cc3)CC2)CC1. The Hall–Kier alpha value is -2.44. The van der Waals surface area contributed by atoms with E-state index < -0.39 is 0 Å². The Labute approximate surface area is 170 Å². The maximum absolute atomic E-state index is 13.0. The molecule has 0 radical (unpaired) electrons. The van der Waals surface area contributed by atoms with Gasteiger partial charge >= 0.3 is 5.97 Å². The summed E-state index contributed by atoms with van der Waals surface area (Å²) >= 11 is 0. The van der Waals surface area contributed by atoms with Gasteiger partial charge in [-0.25, -0.2) is 4.39 Å². The second kappa shape index (κ2) is 9.85. The number of ether oxygens (including phenoxy) is 1. The average Bonchev–Trinajstić information content (AvgIpc) is 2.74. The molecule has 7 heteroatoms. The van der Waals surface area contributed by atoms with Gasteiger partial charge in [0.15, 0.2) is 6.61 Å². The molecular weight excluding hydrogens is 375 g/mol. The van der Waals surface area contributed by atoms with Crippen LogP contribution in [0.2, 0.25) is 0 Å². The van der Waals surface area contributed by atoms with Gasteiger partial charge in [0, 0.05) is 24.7 Å². The van der Waals surface area contributed by atoms with E-state index in [9.17, 15) is 18.8 Å². The quantitative estimate of drug-likeness (QED) is 0.766. The lowest BCUT2D eigenvalue weighted by molar-refractivity contribution is -0.154. The Kier molecular flexibility index (Phi) is 7.23. The van der Waals surface area contributed by atoms with Crippen molar-refractivity contribution in [1.29, 1.82) is 0 Å². The van der Waals surface area contributed by atoms with Crippen molar-refractivity contribution in [2.24, 2.45) is 11.8 Å². The number of hydrogen-bond donors (Lipinski definition) is 1. The first-order valence-electron chi connectivity index (χ1n) is 10.4. The Morgan fingerprint density at radius 1 is 1.03 bits per heavy atom. The maximum atomic E-state index is 13.0. The second-order valence-corrected chi connectivity index (χ2v) is 8.21. The number of carbonyl (C=O) groups excluding carboxylic acids is 3. The molecule has 2 fully saturated rings. The Morgan fingerprint density at radius 3 is 2.28 bits per heavy atom. The maximum Gasteiger partial charge on any atom is 0.309 e. The zero-order valence-electron chi connectivity index (χ0n) is 16.9. The lowest BCUT2D eigenvalue weighted by Crippen LogP contribution is -2.42. The molecule has 6 nitrogen and oxygen atoms in total. The minimum absolute atomic E-state index is 0.169. The number of hydrogen-bond acceptors (Lipinski definition) is 4. The molecule has 1 heterocycles. The predicted molar refractivity (Wildman–Crippen MR) is 106 cm³/mol. The van der Waals surface area contributed by atoms with E-state index in [1.165, 1.54) is 24.3 Å². The number of esters is 1. The fourth-order valence-corrected chi connectivity index (χ4v) is 4.02. The van der Waals surface area contributed by atoms with Gasteiger partial charge in [0.1, 0.15) is 5.82 Å². The number of benzene rings is 1. The number of likely N-dealkylation sites (tertiary alicyclic amines) is 1. The summed E-state index contributed by atoms with van der Waals surface area (Å²) < 4.78 is 18.2. The summed E-state index contributed by atoms with van der Waals surface area (Å²) in [5.74, 6) is -0.784. The van der Waals surface area contributed by atoms with Gasteiger partial charge in [0.25, 0.3) is 11.8 Å². The lowest BCUT2D eigenvalue weighted by atomic mass is 9.87. The molecule has 1 aromatic rings. The molecule has 3 rings (SSSR count). The zero-order chi connectivity index (χ0) is 20.8. The molecule has 0 unspecified atom stereocenters. The summed E-state index contributed by atoms with van der Waals surface area (Å²) in [7, 11) is 0. The highest BCUT2D eigenvalue weighted by atomic mass is 19.1. The standard InChI is InChI=1S/C22H29FN2O4/c1-15-2-8-19(9-3-15)24-20(26)14-29-22(28)17-10-12-25(13-11-17)21(27)16-4-6-18(23)7-5-16/h4-7,15,17,19H,2-3,8-14H2,1H3,(H,24,26). The van der Waals surface area contributed by atoms with Crippen LogP contribution in [0.4, 0.5) is 4.39 Å². The minimum atomic E-state index is -0.384. The van der Waals surface area contributed by atoms with E-state index in [2.05, 4.69) is 12.2 Å². The average molecular weight is 404 g/mol. The second-order valence-electron chi connectivity index (χ2n) is 8.21. The van der Waals surface area contributed by atoms with Crippen LogP contribution >= 0.6 is 0 Å². The summed E-state index contributed by atoms with van der Waals surface area (Å²) in [6.45, 7) is 2.84. The van der Waals surface area contributed by atoms with E-state index in [0.29, 0.717) is 37.4 Å². The summed E-state index contributed by atoms with van der Waals surface area (Å²) in [6, 6.07) is 5.62. The van der Waals surface area contributed by atoms with Gasteiger partial charge in [0.2, 0.25) is 0 Å². The van der Waals surface area contributed by atoms with Gasteiger partial charge in [-0.15, -0.1) is 0 Å². The van der Waals surface area contributed by atoms with Crippen molar-refractivity contribution in [3.63, 3.8) is 0 Å². The van der Waals surface area contributed by atoms with Crippen LogP contribution in [-0.2, 0) is 14.3 Å². The van der Waals surface area contributed by atoms with Crippen LogP contribution < -0.4 is 5.32 Å². The summed E-state index contributed by atoms with van der Waals surface area (Å²) in [5.41, 5.74) is 0.432. The molecule has 1 saturated heterocycles. The lowest BCUT2D eigenvalue weighted by Gasteiger charge is -2.31. The van der Waals surface area contributed by atoms with Gasteiger partial charge < -0.3 is 15.0 Å². The van der Waals surface area contributed by atoms with Gasteiger partial charge in [0.05, 0.1) is 5.92 Å². The van der Waals surface area contributed by atoms with Crippen LogP contribution in [-0.4, -0.2) is 48.4 Å². The van der Waals surface area contributed by atoms with Crippen molar-refractivity contribution in [1.82, 2.24) is 10.2 Å². The molecule has 2 amide bonds. The van der Waals surface area contributed by atoms with Gasteiger partial charge in [-0.1, -0.05) is 6.92 Å². The van der Waals surface area contributed by atoms with Crippen LogP contribution in [0.5, 0.6) is 0 Å². The Morgan fingerprint density at radius 2 is 1.66 bits per heavy atom. The van der Waals surface area contributed by atoms with Crippen LogP contribution in [0.25, 0.3) is 0 Å².